The molecule has 0 nitrogen and oxygen atoms in total. The van der Waals surface area contributed by atoms with Gasteiger partial charge < -0.3 is 19.6 Å². The Bertz CT molecular complexity index is 139. The second kappa shape index (κ2) is 14.9. The standard InChI is InChI=1S/C5H5.3C4H11Si.Ti/c1-2-4-5-3-1;3*1-5(2,3)4;/h1-5H;3*1H2,2-4H3;/q;3*-1;+3. The average molecular weight is 375 g/mol. The van der Waals surface area contributed by atoms with Crippen molar-refractivity contribution in [3.63, 3.8) is 0 Å². The van der Waals surface area contributed by atoms with Gasteiger partial charge in [-0.3, -0.25) is 0 Å². The van der Waals surface area contributed by atoms with Crippen LogP contribution in [0.1, 0.15) is 0 Å². The van der Waals surface area contributed by atoms with Crippen LogP contribution >= 0.6 is 0 Å². The van der Waals surface area contributed by atoms with Gasteiger partial charge in [-0.05, 0) is 32.1 Å². The summed E-state index contributed by atoms with van der Waals surface area (Å²) in [6.07, 6.45) is 10.0. The zero-order valence-corrected chi connectivity index (χ0v) is 20.6. The van der Waals surface area contributed by atoms with E-state index in [0.29, 0.717) is 0 Å². The summed E-state index contributed by atoms with van der Waals surface area (Å²) in [5.74, 6) is 0. The molecule has 0 heterocycles. The van der Waals surface area contributed by atoms with Crippen LogP contribution in [0.4, 0.5) is 0 Å². The molecular formula is C17H38Si3Ti. The van der Waals surface area contributed by atoms with Gasteiger partial charge in [-0.15, -0.1) is 24.2 Å². The molecule has 0 N–H and O–H groups in total. The summed E-state index contributed by atoms with van der Waals surface area (Å²) in [4.78, 5) is 0. The first-order chi connectivity index (χ1) is 8.50. The molecule has 1 aliphatic rings. The molecule has 1 aliphatic carbocycles. The van der Waals surface area contributed by atoms with E-state index in [2.05, 4.69) is 78.6 Å². The van der Waals surface area contributed by atoms with Crippen LogP contribution in [0.5, 0.6) is 0 Å². The molecule has 0 atom stereocenters. The maximum absolute atomic E-state index is 3.91. The monoisotopic (exact) mass is 374 g/mol. The zero-order valence-electron chi connectivity index (χ0n) is 16.0. The largest absolute Gasteiger partial charge is 3.00 e. The second-order valence-corrected chi connectivity index (χ2v) is 24.0. The molecule has 4 heteroatoms. The normalized spacial score (nSPS) is 14.3. The van der Waals surface area contributed by atoms with Crippen LogP contribution in [-0.4, -0.2) is 24.2 Å². The fourth-order valence-corrected chi connectivity index (χ4v) is 0.321. The molecule has 1 saturated carbocycles. The van der Waals surface area contributed by atoms with Gasteiger partial charge in [0, 0.05) is 0 Å². The number of hydrogen-bond acceptors (Lipinski definition) is 0. The molecule has 0 spiro atoms. The zero-order chi connectivity index (χ0) is 17.0. The predicted octanol–water partition coefficient (Wildman–Crippen LogP) is 6.11. The van der Waals surface area contributed by atoms with E-state index in [0.717, 1.165) is 0 Å². The Hall–Kier alpha value is 1.36. The Morgan fingerprint density at radius 1 is 0.429 bits per heavy atom. The summed E-state index contributed by atoms with van der Waals surface area (Å²) < 4.78 is 0. The minimum Gasteiger partial charge on any atom is -0.342 e. The van der Waals surface area contributed by atoms with E-state index in [1.165, 1.54) is 0 Å². The Morgan fingerprint density at radius 2 is 0.476 bits per heavy atom. The Balaban J connectivity index is -0.0000000903. The maximum atomic E-state index is 3.91. The van der Waals surface area contributed by atoms with Gasteiger partial charge in [0.15, 0.2) is 0 Å². The third kappa shape index (κ3) is 198. The van der Waals surface area contributed by atoms with E-state index in [4.69, 9.17) is 0 Å². The van der Waals surface area contributed by atoms with Crippen molar-refractivity contribution in [1.82, 2.24) is 0 Å². The molecular weight excluding hydrogens is 336 g/mol. The molecule has 0 aromatic rings. The van der Waals surface area contributed by atoms with E-state index in [1.807, 2.05) is 32.1 Å². The molecule has 0 amide bonds. The molecule has 1 rings (SSSR count). The molecule has 0 aromatic carbocycles. The van der Waals surface area contributed by atoms with Gasteiger partial charge in [-0.1, -0.05) is 58.9 Å². The first kappa shape index (κ1) is 30.3. The van der Waals surface area contributed by atoms with Crippen LogP contribution in [0, 0.1) is 51.7 Å². The average Bonchev–Trinajstić information content (AvgIpc) is 2.45. The molecule has 6 radical (unpaired) electrons. The minimum atomic E-state index is -0.861. The SMILES string of the molecule is [CH2-][Si](C)(C)C.[CH2-][Si](C)(C)C.[CH2-][Si](C)(C)C.[CH]1[CH][CH][CH][CH]1.[Ti+3]. The summed E-state index contributed by atoms with van der Waals surface area (Å²) in [5.41, 5.74) is 0. The molecule has 1 fully saturated rings. The van der Waals surface area contributed by atoms with Gasteiger partial charge in [0.1, 0.15) is 0 Å². The van der Waals surface area contributed by atoms with Gasteiger partial charge in [-0.2, -0.15) is 0 Å². The molecule has 0 aliphatic heterocycles. The van der Waals surface area contributed by atoms with E-state index in [9.17, 15) is 0 Å². The number of hydrogen-bond donors (Lipinski definition) is 0. The van der Waals surface area contributed by atoms with Crippen LogP contribution in [0.25, 0.3) is 0 Å². The van der Waals surface area contributed by atoms with Crippen LogP contribution in [-0.2, 0) is 21.7 Å². The summed E-state index contributed by atoms with van der Waals surface area (Å²) in [5, 5.41) is 0. The molecule has 0 unspecified atom stereocenters. The van der Waals surface area contributed by atoms with Gasteiger partial charge in [-0.25, -0.2) is 0 Å². The summed E-state index contributed by atoms with van der Waals surface area (Å²) in [6, 6.07) is 0. The van der Waals surface area contributed by atoms with Crippen LogP contribution < -0.4 is 0 Å². The quantitative estimate of drug-likeness (QED) is 0.354. The van der Waals surface area contributed by atoms with Crippen LogP contribution in [0.2, 0.25) is 58.9 Å². The van der Waals surface area contributed by atoms with Crippen molar-refractivity contribution < 1.29 is 21.7 Å². The number of rotatable bonds is 0. The third-order valence-electron chi connectivity index (χ3n) is 0.556. The minimum absolute atomic E-state index is 0. The molecule has 0 aromatic heterocycles. The van der Waals surface area contributed by atoms with Crippen molar-refractivity contribution in [2.75, 3.05) is 0 Å². The molecule has 122 valence electrons. The Morgan fingerprint density at radius 3 is 0.524 bits per heavy atom. The van der Waals surface area contributed by atoms with E-state index < -0.39 is 24.2 Å². The van der Waals surface area contributed by atoms with Crippen molar-refractivity contribution >= 4 is 24.2 Å². The smallest absolute Gasteiger partial charge is 0.342 e. The van der Waals surface area contributed by atoms with Crippen molar-refractivity contribution in [3.8, 4) is 0 Å². The van der Waals surface area contributed by atoms with Crippen LogP contribution in [0.3, 0.4) is 0 Å². The fourth-order valence-electron chi connectivity index (χ4n) is 0.321. The molecule has 0 saturated heterocycles. The molecule has 21 heavy (non-hydrogen) atoms. The maximum Gasteiger partial charge on any atom is 3.00 e. The summed E-state index contributed by atoms with van der Waals surface area (Å²) >= 11 is 0. The van der Waals surface area contributed by atoms with Crippen molar-refractivity contribution in [2.45, 2.75) is 58.9 Å². The first-order valence-corrected chi connectivity index (χ1v) is 18.3. The van der Waals surface area contributed by atoms with Crippen LogP contribution in [0.15, 0.2) is 0 Å². The topological polar surface area (TPSA) is 0 Å². The predicted molar refractivity (Wildman–Crippen MR) is 108 cm³/mol. The van der Waals surface area contributed by atoms with Crippen molar-refractivity contribution in [1.29, 1.82) is 0 Å². The Labute approximate surface area is 156 Å². The van der Waals surface area contributed by atoms with E-state index >= 15 is 0 Å². The van der Waals surface area contributed by atoms with Crippen molar-refractivity contribution in [2.24, 2.45) is 0 Å². The summed E-state index contributed by atoms with van der Waals surface area (Å²) in [7, 11) is -2.58. The van der Waals surface area contributed by atoms with E-state index in [-0.39, 0.29) is 21.7 Å². The van der Waals surface area contributed by atoms with E-state index in [1.54, 1.807) is 0 Å². The van der Waals surface area contributed by atoms with Gasteiger partial charge in [0.2, 0.25) is 0 Å². The van der Waals surface area contributed by atoms with Crippen molar-refractivity contribution in [3.05, 3.63) is 51.7 Å². The third-order valence-corrected chi connectivity index (χ3v) is 0.556. The van der Waals surface area contributed by atoms with Gasteiger partial charge >= 0.3 is 21.7 Å². The first-order valence-electron chi connectivity index (χ1n) is 7.23. The van der Waals surface area contributed by atoms with Gasteiger partial charge in [0.25, 0.3) is 0 Å². The van der Waals surface area contributed by atoms with Gasteiger partial charge in [0.05, 0.1) is 0 Å². The molecule has 0 bridgehead atoms. The Kier molecular flexibility index (Phi) is 21.5. The fraction of sp³-hybridized carbons (Fsp3) is 0.529. The second-order valence-electron chi connectivity index (χ2n) is 8.64. The summed E-state index contributed by atoms with van der Waals surface area (Å²) in [6.45, 7) is 31.7.